The fourth-order valence-electron chi connectivity index (χ4n) is 3.18. The fraction of sp³-hybridized carbons (Fsp3) is 0.438. The maximum absolute atomic E-state index is 13.2. The molecule has 2 aromatic rings. The summed E-state index contributed by atoms with van der Waals surface area (Å²) in [6.07, 6.45) is -9.97. The Balaban J connectivity index is 2.00. The van der Waals surface area contributed by atoms with Crippen LogP contribution in [0.1, 0.15) is 29.3 Å². The van der Waals surface area contributed by atoms with Gasteiger partial charge in [-0.1, -0.05) is 18.2 Å². The number of hydrogen-bond donors (Lipinski definition) is 0. The summed E-state index contributed by atoms with van der Waals surface area (Å²) in [5.74, 6) is -1.31. The van der Waals surface area contributed by atoms with Crippen molar-refractivity contribution in [3.05, 3.63) is 47.2 Å². The molecule has 0 saturated carbocycles. The number of aryl methyl sites for hydroxylation is 1. The second-order valence-electron chi connectivity index (χ2n) is 6.42. The number of alkyl halides is 6. The van der Waals surface area contributed by atoms with Crippen molar-refractivity contribution in [1.29, 1.82) is 0 Å². The minimum Gasteiger partial charge on any atom is -0.254 e. The number of fused-ring (bicyclic) bond motifs is 1. The van der Waals surface area contributed by atoms with Gasteiger partial charge in [0.15, 0.2) is 6.04 Å². The standard InChI is InChI=1S/C16H15F6N3O2S/c1-10-8-14-24(7-6-13(16(20,21)22)25(14)23-10)28(26,27)9-11-4-2-3-5-12(11)15(17,18)19/h2-5,8,13H,6-7,9H2,1H3/t13-/m1/s1. The summed E-state index contributed by atoms with van der Waals surface area (Å²) in [7, 11) is -4.38. The number of halogens is 6. The van der Waals surface area contributed by atoms with Crippen LogP contribution < -0.4 is 4.31 Å². The number of anilines is 1. The normalized spacial score (nSPS) is 18.2. The summed E-state index contributed by atoms with van der Waals surface area (Å²) >= 11 is 0. The number of nitrogens with zero attached hydrogens (tertiary/aromatic N) is 3. The molecule has 3 rings (SSSR count). The van der Waals surface area contributed by atoms with E-state index < -0.39 is 58.3 Å². The van der Waals surface area contributed by atoms with Crippen LogP contribution >= 0.6 is 0 Å². The van der Waals surface area contributed by atoms with Crippen LogP contribution in [0.15, 0.2) is 30.3 Å². The molecule has 0 radical (unpaired) electrons. The van der Waals surface area contributed by atoms with Crippen LogP contribution in [0.4, 0.5) is 32.2 Å². The van der Waals surface area contributed by atoms with Gasteiger partial charge in [-0.15, -0.1) is 0 Å². The number of benzene rings is 1. The van der Waals surface area contributed by atoms with Crippen molar-refractivity contribution in [3.63, 3.8) is 0 Å². The summed E-state index contributed by atoms with van der Waals surface area (Å²) < 4.78 is 106. The predicted octanol–water partition coefficient (Wildman–Crippen LogP) is 4.05. The highest BCUT2D eigenvalue weighted by atomic mass is 32.2. The molecule has 0 saturated heterocycles. The van der Waals surface area contributed by atoms with Crippen LogP contribution in [-0.4, -0.2) is 30.9 Å². The van der Waals surface area contributed by atoms with Crippen molar-refractivity contribution >= 4 is 15.8 Å². The molecule has 154 valence electrons. The molecule has 2 heterocycles. The van der Waals surface area contributed by atoms with E-state index in [1.165, 1.54) is 19.1 Å². The van der Waals surface area contributed by atoms with Gasteiger partial charge in [-0.3, -0.25) is 4.31 Å². The molecule has 0 spiro atoms. The average molecular weight is 427 g/mol. The Morgan fingerprint density at radius 2 is 1.79 bits per heavy atom. The third-order valence-corrected chi connectivity index (χ3v) is 6.09. The van der Waals surface area contributed by atoms with Gasteiger partial charge in [-0.2, -0.15) is 31.4 Å². The first kappa shape index (κ1) is 20.5. The van der Waals surface area contributed by atoms with E-state index in [1.54, 1.807) is 0 Å². The van der Waals surface area contributed by atoms with Gasteiger partial charge in [0.05, 0.1) is 17.0 Å². The maximum Gasteiger partial charge on any atom is 0.416 e. The number of hydrogen-bond acceptors (Lipinski definition) is 3. The second kappa shape index (κ2) is 6.68. The molecule has 0 amide bonds. The first-order chi connectivity index (χ1) is 12.8. The molecule has 1 atom stereocenters. The van der Waals surface area contributed by atoms with Crippen LogP contribution in [0, 0.1) is 6.92 Å². The molecular weight excluding hydrogens is 412 g/mol. The Labute approximate surface area is 156 Å². The smallest absolute Gasteiger partial charge is 0.254 e. The van der Waals surface area contributed by atoms with Gasteiger partial charge in [0, 0.05) is 12.6 Å². The highest BCUT2D eigenvalue weighted by Crippen LogP contribution is 2.41. The van der Waals surface area contributed by atoms with E-state index in [4.69, 9.17) is 0 Å². The minimum absolute atomic E-state index is 0.169. The Morgan fingerprint density at radius 3 is 2.39 bits per heavy atom. The lowest BCUT2D eigenvalue weighted by atomic mass is 10.1. The largest absolute Gasteiger partial charge is 0.416 e. The lowest BCUT2D eigenvalue weighted by Gasteiger charge is -2.34. The fourth-order valence-corrected chi connectivity index (χ4v) is 4.78. The van der Waals surface area contributed by atoms with Crippen LogP contribution in [0.5, 0.6) is 0 Å². The molecule has 5 nitrogen and oxygen atoms in total. The van der Waals surface area contributed by atoms with E-state index in [-0.39, 0.29) is 11.5 Å². The molecule has 0 bridgehead atoms. The van der Waals surface area contributed by atoms with Gasteiger partial charge in [-0.25, -0.2) is 13.1 Å². The van der Waals surface area contributed by atoms with Crippen molar-refractivity contribution in [2.75, 3.05) is 10.8 Å². The summed E-state index contributed by atoms with van der Waals surface area (Å²) in [5.41, 5.74) is -1.41. The van der Waals surface area contributed by atoms with E-state index in [9.17, 15) is 34.8 Å². The molecule has 12 heteroatoms. The van der Waals surface area contributed by atoms with Gasteiger partial charge < -0.3 is 0 Å². The topological polar surface area (TPSA) is 55.2 Å². The van der Waals surface area contributed by atoms with E-state index in [2.05, 4.69) is 5.10 Å². The lowest BCUT2D eigenvalue weighted by Crippen LogP contribution is -2.43. The van der Waals surface area contributed by atoms with Crippen molar-refractivity contribution in [2.24, 2.45) is 0 Å². The van der Waals surface area contributed by atoms with Crippen LogP contribution in [-0.2, 0) is 22.0 Å². The summed E-state index contributed by atoms with van der Waals surface area (Å²) in [6.45, 7) is 0.897. The van der Waals surface area contributed by atoms with Crippen LogP contribution in [0.3, 0.4) is 0 Å². The Kier molecular flexibility index (Phi) is 4.89. The zero-order valence-corrected chi connectivity index (χ0v) is 15.2. The van der Waals surface area contributed by atoms with Crippen molar-refractivity contribution in [2.45, 2.75) is 37.5 Å². The zero-order chi connectivity index (χ0) is 20.9. The SMILES string of the molecule is Cc1cc2n(n1)[C@@H](C(F)(F)F)CCN2S(=O)(=O)Cc1ccccc1C(F)(F)F. The quantitative estimate of drug-likeness (QED) is 0.695. The highest BCUT2D eigenvalue weighted by Gasteiger charge is 2.47. The molecule has 28 heavy (non-hydrogen) atoms. The molecule has 0 aliphatic carbocycles. The maximum atomic E-state index is 13.2. The third-order valence-electron chi connectivity index (χ3n) is 4.37. The van der Waals surface area contributed by atoms with Gasteiger partial charge >= 0.3 is 12.4 Å². The van der Waals surface area contributed by atoms with Crippen molar-refractivity contribution in [3.8, 4) is 0 Å². The number of rotatable bonds is 3. The summed E-state index contributed by atoms with van der Waals surface area (Å²) in [4.78, 5) is 0. The molecule has 1 aliphatic rings. The number of aromatic nitrogens is 2. The molecule has 0 N–H and O–H groups in total. The Morgan fingerprint density at radius 1 is 1.14 bits per heavy atom. The van der Waals surface area contributed by atoms with E-state index in [0.717, 1.165) is 18.2 Å². The summed E-state index contributed by atoms with van der Waals surface area (Å²) in [6, 6.07) is 3.37. The highest BCUT2D eigenvalue weighted by molar-refractivity contribution is 7.92. The Bertz CT molecular complexity index is 981. The minimum atomic E-state index is -4.76. The molecular formula is C16H15F6N3O2S. The van der Waals surface area contributed by atoms with Crippen LogP contribution in [0.2, 0.25) is 0 Å². The summed E-state index contributed by atoms with van der Waals surface area (Å²) in [5, 5.41) is 3.74. The molecule has 0 fully saturated rings. The lowest BCUT2D eigenvalue weighted by molar-refractivity contribution is -0.172. The average Bonchev–Trinajstić information content (AvgIpc) is 2.92. The molecule has 1 aliphatic heterocycles. The van der Waals surface area contributed by atoms with Gasteiger partial charge in [-0.05, 0) is 25.0 Å². The van der Waals surface area contributed by atoms with Gasteiger partial charge in [0.2, 0.25) is 10.0 Å². The molecule has 1 aromatic carbocycles. The van der Waals surface area contributed by atoms with Gasteiger partial charge in [0.25, 0.3) is 0 Å². The Hall–Kier alpha value is -2.24. The van der Waals surface area contributed by atoms with Crippen LogP contribution in [0.25, 0.3) is 0 Å². The second-order valence-corrected chi connectivity index (χ2v) is 8.31. The predicted molar refractivity (Wildman–Crippen MR) is 88.1 cm³/mol. The number of sulfonamides is 1. The van der Waals surface area contributed by atoms with E-state index in [0.29, 0.717) is 8.99 Å². The molecule has 0 unspecified atom stereocenters. The third kappa shape index (κ3) is 3.82. The molecule has 1 aromatic heterocycles. The van der Waals surface area contributed by atoms with Crippen molar-refractivity contribution < 1.29 is 34.8 Å². The van der Waals surface area contributed by atoms with Crippen molar-refractivity contribution in [1.82, 2.24) is 9.78 Å². The monoisotopic (exact) mass is 427 g/mol. The first-order valence-electron chi connectivity index (χ1n) is 8.09. The van der Waals surface area contributed by atoms with E-state index >= 15 is 0 Å². The van der Waals surface area contributed by atoms with Gasteiger partial charge in [0.1, 0.15) is 5.82 Å². The van der Waals surface area contributed by atoms with E-state index in [1.807, 2.05) is 0 Å². The first-order valence-corrected chi connectivity index (χ1v) is 9.70. The zero-order valence-electron chi connectivity index (χ0n) is 14.4.